The SMILES string of the molecule is Cc1ccc(NC(=O)c2cccc(N3C(=O)CCC3=O)c2)c(Br)c1. The third-order valence-electron chi connectivity index (χ3n) is 3.79. The van der Waals surface area contributed by atoms with Gasteiger partial charge in [0.25, 0.3) is 5.91 Å². The largest absolute Gasteiger partial charge is 0.321 e. The number of halogens is 1. The number of anilines is 2. The van der Waals surface area contributed by atoms with Crippen molar-refractivity contribution in [3.8, 4) is 0 Å². The smallest absolute Gasteiger partial charge is 0.255 e. The average Bonchev–Trinajstić information content (AvgIpc) is 2.89. The van der Waals surface area contributed by atoms with Crippen LogP contribution in [0.15, 0.2) is 46.9 Å². The Morgan fingerprint density at radius 1 is 1.08 bits per heavy atom. The van der Waals surface area contributed by atoms with Crippen LogP contribution in [0.25, 0.3) is 0 Å². The summed E-state index contributed by atoms with van der Waals surface area (Å²) in [5.74, 6) is -0.779. The van der Waals surface area contributed by atoms with Crippen molar-refractivity contribution in [2.45, 2.75) is 19.8 Å². The van der Waals surface area contributed by atoms with Crippen LogP contribution in [0, 0.1) is 6.92 Å². The number of carbonyl (C=O) groups is 3. The number of hydrogen-bond acceptors (Lipinski definition) is 3. The third-order valence-corrected chi connectivity index (χ3v) is 4.45. The Labute approximate surface area is 147 Å². The van der Waals surface area contributed by atoms with Gasteiger partial charge in [-0.05, 0) is 58.7 Å². The van der Waals surface area contributed by atoms with E-state index in [1.807, 2.05) is 25.1 Å². The Bertz CT molecular complexity index is 832. The molecule has 0 aliphatic carbocycles. The Morgan fingerprint density at radius 2 is 1.79 bits per heavy atom. The molecular weight excluding hydrogens is 372 g/mol. The molecule has 24 heavy (non-hydrogen) atoms. The van der Waals surface area contributed by atoms with Gasteiger partial charge in [-0.2, -0.15) is 0 Å². The Balaban J connectivity index is 1.84. The Hall–Kier alpha value is -2.47. The van der Waals surface area contributed by atoms with Gasteiger partial charge in [0.05, 0.1) is 11.4 Å². The van der Waals surface area contributed by atoms with Gasteiger partial charge in [0.15, 0.2) is 0 Å². The molecule has 3 amide bonds. The van der Waals surface area contributed by atoms with E-state index < -0.39 is 0 Å². The standard InChI is InChI=1S/C18H15BrN2O3/c1-11-5-6-15(14(19)9-11)20-18(24)12-3-2-4-13(10-12)21-16(22)7-8-17(21)23/h2-6,9-10H,7-8H2,1H3,(H,20,24). The lowest BCUT2D eigenvalue weighted by molar-refractivity contribution is -0.121. The molecule has 1 saturated heterocycles. The minimum absolute atomic E-state index is 0.214. The number of aryl methyl sites for hydroxylation is 1. The zero-order valence-corrected chi connectivity index (χ0v) is 14.6. The number of hydrogen-bond donors (Lipinski definition) is 1. The zero-order chi connectivity index (χ0) is 17.3. The molecule has 2 aromatic carbocycles. The van der Waals surface area contributed by atoms with Crippen LogP contribution in [0.5, 0.6) is 0 Å². The molecule has 0 bridgehead atoms. The third kappa shape index (κ3) is 3.23. The summed E-state index contributed by atoms with van der Waals surface area (Å²) in [6, 6.07) is 12.1. The van der Waals surface area contributed by atoms with Gasteiger partial charge in [-0.15, -0.1) is 0 Å². The van der Waals surface area contributed by atoms with Crippen molar-refractivity contribution in [2.75, 3.05) is 10.2 Å². The maximum atomic E-state index is 12.5. The van der Waals surface area contributed by atoms with Gasteiger partial charge in [-0.25, -0.2) is 0 Å². The molecule has 0 unspecified atom stereocenters. The first-order chi connectivity index (χ1) is 11.5. The summed E-state index contributed by atoms with van der Waals surface area (Å²) < 4.78 is 0.789. The highest BCUT2D eigenvalue weighted by Gasteiger charge is 2.30. The number of rotatable bonds is 3. The van der Waals surface area contributed by atoms with E-state index >= 15 is 0 Å². The fraction of sp³-hybridized carbons (Fsp3) is 0.167. The van der Waals surface area contributed by atoms with Crippen LogP contribution in [-0.4, -0.2) is 17.7 Å². The minimum Gasteiger partial charge on any atom is -0.321 e. The summed E-state index contributed by atoms with van der Waals surface area (Å²) in [5, 5.41) is 2.82. The number of carbonyl (C=O) groups excluding carboxylic acids is 3. The van der Waals surface area contributed by atoms with Crippen molar-refractivity contribution >= 4 is 45.0 Å². The van der Waals surface area contributed by atoms with Gasteiger partial charge in [0.2, 0.25) is 11.8 Å². The second-order valence-corrected chi connectivity index (χ2v) is 6.46. The zero-order valence-electron chi connectivity index (χ0n) is 13.0. The van der Waals surface area contributed by atoms with E-state index in [4.69, 9.17) is 0 Å². The predicted molar refractivity (Wildman–Crippen MR) is 95.0 cm³/mol. The molecule has 2 aromatic rings. The quantitative estimate of drug-likeness (QED) is 0.818. The van der Waals surface area contributed by atoms with Crippen molar-refractivity contribution in [1.29, 1.82) is 0 Å². The topological polar surface area (TPSA) is 66.5 Å². The number of amides is 3. The van der Waals surface area contributed by atoms with E-state index in [2.05, 4.69) is 21.2 Å². The molecular formula is C18H15BrN2O3. The molecule has 1 fully saturated rings. The van der Waals surface area contributed by atoms with E-state index in [0.717, 1.165) is 14.9 Å². The molecule has 3 rings (SSSR count). The fourth-order valence-electron chi connectivity index (χ4n) is 2.57. The second kappa shape index (κ2) is 6.57. The van der Waals surface area contributed by atoms with E-state index in [0.29, 0.717) is 16.9 Å². The molecule has 1 heterocycles. The summed E-state index contributed by atoms with van der Waals surface area (Å²) >= 11 is 3.42. The monoisotopic (exact) mass is 386 g/mol. The van der Waals surface area contributed by atoms with Gasteiger partial charge >= 0.3 is 0 Å². The lowest BCUT2D eigenvalue weighted by atomic mass is 10.1. The summed E-state index contributed by atoms with van der Waals surface area (Å²) in [5.41, 5.74) is 2.54. The summed E-state index contributed by atoms with van der Waals surface area (Å²) in [7, 11) is 0. The van der Waals surface area contributed by atoms with Gasteiger partial charge in [-0.3, -0.25) is 19.3 Å². The van der Waals surface area contributed by atoms with E-state index in [9.17, 15) is 14.4 Å². The lowest BCUT2D eigenvalue weighted by Crippen LogP contribution is -2.28. The Morgan fingerprint density at radius 3 is 2.46 bits per heavy atom. The van der Waals surface area contributed by atoms with Crippen LogP contribution in [0.2, 0.25) is 0 Å². The molecule has 122 valence electrons. The highest BCUT2D eigenvalue weighted by molar-refractivity contribution is 9.10. The normalized spacial score (nSPS) is 14.2. The maximum Gasteiger partial charge on any atom is 0.255 e. The van der Waals surface area contributed by atoms with Crippen LogP contribution < -0.4 is 10.2 Å². The highest BCUT2D eigenvalue weighted by Crippen LogP contribution is 2.26. The van der Waals surface area contributed by atoms with Crippen molar-refractivity contribution in [2.24, 2.45) is 0 Å². The van der Waals surface area contributed by atoms with Gasteiger partial charge in [0.1, 0.15) is 0 Å². The van der Waals surface area contributed by atoms with Crippen LogP contribution in [0.4, 0.5) is 11.4 Å². The summed E-state index contributed by atoms with van der Waals surface area (Å²) in [6.45, 7) is 1.96. The summed E-state index contributed by atoms with van der Waals surface area (Å²) in [4.78, 5) is 37.3. The van der Waals surface area contributed by atoms with Crippen LogP contribution in [0.3, 0.4) is 0 Å². The van der Waals surface area contributed by atoms with Gasteiger partial charge in [-0.1, -0.05) is 12.1 Å². The first kappa shape index (κ1) is 16.4. The Kier molecular flexibility index (Phi) is 4.49. The maximum absolute atomic E-state index is 12.5. The summed E-state index contributed by atoms with van der Waals surface area (Å²) in [6.07, 6.45) is 0.428. The molecule has 1 N–H and O–H groups in total. The molecule has 5 nitrogen and oxygen atoms in total. The van der Waals surface area contributed by atoms with Gasteiger partial charge < -0.3 is 5.32 Å². The molecule has 0 aromatic heterocycles. The fourth-order valence-corrected chi connectivity index (χ4v) is 3.16. The second-order valence-electron chi connectivity index (χ2n) is 5.61. The molecule has 0 saturated carbocycles. The highest BCUT2D eigenvalue weighted by atomic mass is 79.9. The van der Waals surface area contributed by atoms with Crippen molar-refractivity contribution in [3.05, 3.63) is 58.1 Å². The molecule has 6 heteroatoms. The molecule has 0 radical (unpaired) electrons. The lowest BCUT2D eigenvalue weighted by Gasteiger charge is -2.15. The average molecular weight is 387 g/mol. The van der Waals surface area contributed by atoms with E-state index in [1.54, 1.807) is 24.3 Å². The number of nitrogens with one attached hydrogen (secondary N) is 1. The predicted octanol–water partition coefficient (Wildman–Crippen LogP) is 3.66. The van der Waals surface area contributed by atoms with Crippen LogP contribution in [-0.2, 0) is 9.59 Å². The van der Waals surface area contributed by atoms with E-state index in [-0.39, 0.29) is 30.6 Å². The molecule has 1 aliphatic heterocycles. The minimum atomic E-state index is -0.305. The molecule has 0 spiro atoms. The number of benzene rings is 2. The van der Waals surface area contributed by atoms with Crippen LogP contribution in [0.1, 0.15) is 28.8 Å². The first-order valence-corrected chi connectivity index (χ1v) is 8.28. The van der Waals surface area contributed by atoms with Crippen molar-refractivity contribution < 1.29 is 14.4 Å². The van der Waals surface area contributed by atoms with Crippen LogP contribution >= 0.6 is 15.9 Å². The molecule has 1 aliphatic rings. The van der Waals surface area contributed by atoms with Crippen molar-refractivity contribution in [1.82, 2.24) is 0 Å². The molecule has 0 atom stereocenters. The van der Waals surface area contributed by atoms with Gasteiger partial charge in [0, 0.05) is 22.9 Å². The number of imide groups is 1. The first-order valence-electron chi connectivity index (χ1n) is 7.49. The van der Waals surface area contributed by atoms with E-state index in [1.165, 1.54) is 0 Å². The van der Waals surface area contributed by atoms with Crippen molar-refractivity contribution in [3.63, 3.8) is 0 Å². The number of nitrogens with zero attached hydrogens (tertiary/aromatic N) is 1.